The van der Waals surface area contributed by atoms with Gasteiger partial charge < -0.3 is 19.5 Å². The van der Waals surface area contributed by atoms with Gasteiger partial charge in [-0.3, -0.25) is 4.79 Å². The second-order valence-electron chi connectivity index (χ2n) is 4.71. The van der Waals surface area contributed by atoms with E-state index >= 15 is 0 Å². The van der Waals surface area contributed by atoms with Crippen LogP contribution in [0.25, 0.3) is 6.08 Å². The first-order chi connectivity index (χ1) is 10.5. The molecular formula is C15H16FNO5. The molecule has 1 saturated heterocycles. The van der Waals surface area contributed by atoms with Gasteiger partial charge in [0.05, 0.1) is 20.3 Å². The summed E-state index contributed by atoms with van der Waals surface area (Å²) in [5, 5.41) is 8.89. The highest BCUT2D eigenvalue weighted by Gasteiger charge is 2.27. The molecule has 1 atom stereocenters. The summed E-state index contributed by atoms with van der Waals surface area (Å²) in [6.07, 6.45) is 1.74. The number of rotatable bonds is 4. The Morgan fingerprint density at radius 3 is 2.91 bits per heavy atom. The number of aliphatic carboxylic acids is 1. The zero-order valence-corrected chi connectivity index (χ0v) is 12.0. The lowest BCUT2D eigenvalue weighted by atomic mass is 10.2. The molecule has 1 aliphatic heterocycles. The molecule has 1 heterocycles. The van der Waals surface area contributed by atoms with Crippen molar-refractivity contribution in [1.29, 1.82) is 0 Å². The van der Waals surface area contributed by atoms with Gasteiger partial charge in [0.15, 0.2) is 17.7 Å². The highest BCUT2D eigenvalue weighted by Crippen LogP contribution is 2.18. The van der Waals surface area contributed by atoms with Crippen LogP contribution in [0.15, 0.2) is 24.3 Å². The van der Waals surface area contributed by atoms with E-state index in [0.29, 0.717) is 12.1 Å². The van der Waals surface area contributed by atoms with Gasteiger partial charge in [0.1, 0.15) is 0 Å². The van der Waals surface area contributed by atoms with E-state index in [1.54, 1.807) is 6.07 Å². The van der Waals surface area contributed by atoms with Gasteiger partial charge in [0, 0.05) is 12.6 Å². The van der Waals surface area contributed by atoms with Crippen LogP contribution in [-0.4, -0.2) is 54.8 Å². The lowest BCUT2D eigenvalue weighted by molar-refractivity contribution is -0.158. The first kappa shape index (κ1) is 16.0. The number of ether oxygens (including phenoxy) is 2. The minimum Gasteiger partial charge on any atom is -0.494 e. The number of hydrogen-bond donors (Lipinski definition) is 1. The molecule has 7 heteroatoms. The molecule has 22 heavy (non-hydrogen) atoms. The zero-order chi connectivity index (χ0) is 16.1. The molecule has 0 bridgehead atoms. The van der Waals surface area contributed by atoms with Crippen molar-refractivity contribution in [2.75, 3.05) is 26.8 Å². The highest BCUT2D eigenvalue weighted by molar-refractivity contribution is 5.92. The van der Waals surface area contributed by atoms with Gasteiger partial charge in [-0.2, -0.15) is 0 Å². The van der Waals surface area contributed by atoms with Crippen LogP contribution in [0.2, 0.25) is 0 Å². The molecule has 1 amide bonds. The van der Waals surface area contributed by atoms with Gasteiger partial charge in [-0.05, 0) is 23.8 Å². The molecular weight excluding hydrogens is 293 g/mol. The quantitative estimate of drug-likeness (QED) is 0.845. The summed E-state index contributed by atoms with van der Waals surface area (Å²) in [7, 11) is 1.37. The van der Waals surface area contributed by atoms with Gasteiger partial charge in [-0.25, -0.2) is 9.18 Å². The van der Waals surface area contributed by atoms with E-state index in [1.807, 2.05) is 0 Å². The largest absolute Gasteiger partial charge is 0.494 e. The van der Waals surface area contributed by atoms with Gasteiger partial charge in [-0.15, -0.1) is 0 Å². The van der Waals surface area contributed by atoms with Gasteiger partial charge in [0.2, 0.25) is 5.91 Å². The Hall–Kier alpha value is -2.41. The normalized spacial score (nSPS) is 18.5. The molecule has 1 unspecified atom stereocenters. The molecule has 0 radical (unpaired) electrons. The van der Waals surface area contributed by atoms with Crippen LogP contribution >= 0.6 is 0 Å². The molecule has 1 N–H and O–H groups in total. The van der Waals surface area contributed by atoms with Crippen LogP contribution in [0.5, 0.6) is 5.75 Å². The number of nitrogens with zero attached hydrogens (tertiary/aromatic N) is 1. The third-order valence-corrected chi connectivity index (χ3v) is 3.25. The van der Waals surface area contributed by atoms with Crippen molar-refractivity contribution < 1.29 is 28.6 Å². The summed E-state index contributed by atoms with van der Waals surface area (Å²) < 4.78 is 23.4. The Morgan fingerprint density at radius 1 is 1.50 bits per heavy atom. The SMILES string of the molecule is COc1ccc(/C=C/C(=O)N2CCOC(C(=O)O)C2)cc1F. The Kier molecular flexibility index (Phi) is 5.11. The number of amides is 1. The Labute approximate surface area is 126 Å². The standard InChI is InChI=1S/C15H16FNO5/c1-21-12-4-2-10(8-11(12)16)3-5-14(18)17-6-7-22-13(9-17)15(19)20/h2-5,8,13H,6-7,9H2,1H3,(H,19,20)/b5-3+. The average Bonchev–Trinajstić information content (AvgIpc) is 2.52. The van der Waals surface area contributed by atoms with Crippen LogP contribution < -0.4 is 4.74 Å². The zero-order valence-electron chi connectivity index (χ0n) is 12.0. The Balaban J connectivity index is 2.01. The summed E-state index contributed by atoms with van der Waals surface area (Å²) in [5.41, 5.74) is 0.509. The van der Waals surface area contributed by atoms with Gasteiger partial charge in [-0.1, -0.05) is 6.07 Å². The summed E-state index contributed by atoms with van der Waals surface area (Å²) >= 11 is 0. The van der Waals surface area contributed by atoms with Crippen molar-refractivity contribution in [1.82, 2.24) is 4.90 Å². The van der Waals surface area contributed by atoms with E-state index < -0.39 is 17.9 Å². The molecule has 118 valence electrons. The maximum atomic E-state index is 13.5. The fourth-order valence-corrected chi connectivity index (χ4v) is 2.06. The molecule has 1 aromatic carbocycles. The maximum Gasteiger partial charge on any atom is 0.334 e. The van der Waals surface area contributed by atoms with E-state index in [1.165, 1.54) is 36.3 Å². The van der Waals surface area contributed by atoms with Crippen LogP contribution in [0, 0.1) is 5.82 Å². The van der Waals surface area contributed by atoms with Crippen molar-refractivity contribution in [3.05, 3.63) is 35.7 Å². The van der Waals surface area contributed by atoms with E-state index in [4.69, 9.17) is 14.6 Å². The molecule has 0 aromatic heterocycles. The fourth-order valence-electron chi connectivity index (χ4n) is 2.06. The van der Waals surface area contributed by atoms with Gasteiger partial charge >= 0.3 is 5.97 Å². The number of carbonyl (C=O) groups is 2. The van der Waals surface area contributed by atoms with E-state index in [2.05, 4.69) is 0 Å². The topological polar surface area (TPSA) is 76.1 Å². The number of methoxy groups -OCH3 is 1. The number of halogens is 1. The number of carbonyl (C=O) groups excluding carboxylic acids is 1. The molecule has 1 aromatic rings. The fraction of sp³-hybridized carbons (Fsp3) is 0.333. The van der Waals surface area contributed by atoms with E-state index in [0.717, 1.165) is 0 Å². The number of morpholine rings is 1. The lowest BCUT2D eigenvalue weighted by Crippen LogP contribution is -2.48. The summed E-state index contributed by atoms with van der Waals surface area (Å²) in [6.45, 7) is 0.493. The molecule has 2 rings (SSSR count). The van der Waals surface area contributed by atoms with Crippen molar-refractivity contribution >= 4 is 18.0 Å². The van der Waals surface area contributed by atoms with Crippen LogP contribution in [0.3, 0.4) is 0 Å². The Morgan fingerprint density at radius 2 is 2.27 bits per heavy atom. The first-order valence-corrected chi connectivity index (χ1v) is 6.66. The van der Waals surface area contributed by atoms with Crippen molar-refractivity contribution in [3.8, 4) is 5.75 Å². The summed E-state index contributed by atoms with van der Waals surface area (Å²) in [6, 6.07) is 4.34. The van der Waals surface area contributed by atoms with Crippen molar-refractivity contribution in [3.63, 3.8) is 0 Å². The number of benzene rings is 1. The second-order valence-corrected chi connectivity index (χ2v) is 4.71. The lowest BCUT2D eigenvalue weighted by Gasteiger charge is -2.30. The van der Waals surface area contributed by atoms with Crippen LogP contribution in [-0.2, 0) is 14.3 Å². The predicted molar refractivity (Wildman–Crippen MR) is 75.9 cm³/mol. The Bertz CT molecular complexity index is 602. The highest BCUT2D eigenvalue weighted by atomic mass is 19.1. The second kappa shape index (κ2) is 7.04. The monoisotopic (exact) mass is 309 g/mol. The third kappa shape index (κ3) is 3.82. The molecule has 0 aliphatic carbocycles. The molecule has 6 nitrogen and oxygen atoms in total. The van der Waals surface area contributed by atoms with E-state index in [9.17, 15) is 14.0 Å². The molecule has 1 aliphatic rings. The minimum absolute atomic E-state index is 0.00448. The number of hydrogen-bond acceptors (Lipinski definition) is 4. The van der Waals surface area contributed by atoms with Crippen LogP contribution in [0.4, 0.5) is 4.39 Å². The molecule has 0 saturated carbocycles. The number of carboxylic acid groups (broad SMARTS) is 1. The minimum atomic E-state index is -1.10. The predicted octanol–water partition coefficient (Wildman–Crippen LogP) is 1.16. The van der Waals surface area contributed by atoms with Gasteiger partial charge in [0.25, 0.3) is 0 Å². The molecule has 1 fully saturated rings. The van der Waals surface area contributed by atoms with Crippen molar-refractivity contribution in [2.45, 2.75) is 6.10 Å². The average molecular weight is 309 g/mol. The smallest absolute Gasteiger partial charge is 0.334 e. The number of carboxylic acids is 1. The summed E-state index contributed by atoms with van der Waals surface area (Å²) in [5.74, 6) is -1.83. The first-order valence-electron chi connectivity index (χ1n) is 6.66. The summed E-state index contributed by atoms with van der Waals surface area (Å²) in [4.78, 5) is 24.3. The van der Waals surface area contributed by atoms with Crippen LogP contribution in [0.1, 0.15) is 5.56 Å². The van der Waals surface area contributed by atoms with Crippen molar-refractivity contribution in [2.24, 2.45) is 0 Å². The maximum absolute atomic E-state index is 13.5. The van der Waals surface area contributed by atoms with E-state index in [-0.39, 0.29) is 24.8 Å². The third-order valence-electron chi connectivity index (χ3n) is 3.25. The molecule has 0 spiro atoms.